The zero-order valence-electron chi connectivity index (χ0n) is 10.6. The number of hydrogen-bond acceptors (Lipinski definition) is 4. The molecule has 104 valence electrons. The van der Waals surface area contributed by atoms with Gasteiger partial charge in [0.05, 0.1) is 21.2 Å². The lowest BCUT2D eigenvalue weighted by Crippen LogP contribution is -2.10. The molecule has 0 fully saturated rings. The van der Waals surface area contributed by atoms with Gasteiger partial charge in [0.15, 0.2) is 0 Å². The number of halogens is 1. The second-order valence-corrected chi connectivity index (χ2v) is 4.93. The van der Waals surface area contributed by atoms with Gasteiger partial charge in [0, 0.05) is 18.7 Å². The molecule has 0 atom stereocenters. The van der Waals surface area contributed by atoms with E-state index in [9.17, 15) is 14.9 Å². The average molecular weight is 287 g/mol. The quantitative estimate of drug-likeness (QED) is 0.617. The molecule has 0 aliphatic carbocycles. The highest BCUT2D eigenvalue weighted by molar-refractivity contribution is 6.34. The minimum Gasteiger partial charge on any atom is -0.478 e. The van der Waals surface area contributed by atoms with Crippen LogP contribution in [0, 0.1) is 16.0 Å². The van der Waals surface area contributed by atoms with E-state index in [0.717, 1.165) is 18.6 Å². The summed E-state index contributed by atoms with van der Waals surface area (Å²) in [5.41, 5.74) is -0.305. The van der Waals surface area contributed by atoms with Gasteiger partial charge in [0.1, 0.15) is 0 Å². The Morgan fingerprint density at radius 2 is 2.16 bits per heavy atom. The van der Waals surface area contributed by atoms with Crippen molar-refractivity contribution in [2.45, 2.75) is 20.3 Å². The molecule has 0 saturated carbocycles. The zero-order chi connectivity index (χ0) is 14.6. The highest BCUT2D eigenvalue weighted by Gasteiger charge is 2.19. The molecule has 0 heterocycles. The molecule has 2 N–H and O–H groups in total. The molecule has 0 unspecified atom stereocenters. The van der Waals surface area contributed by atoms with Crippen LogP contribution >= 0.6 is 11.6 Å². The van der Waals surface area contributed by atoms with Crippen molar-refractivity contribution in [1.29, 1.82) is 0 Å². The van der Waals surface area contributed by atoms with Gasteiger partial charge in [-0.05, 0) is 12.3 Å². The fraction of sp³-hybridized carbons (Fsp3) is 0.417. The number of hydrogen-bond donors (Lipinski definition) is 2. The van der Waals surface area contributed by atoms with Gasteiger partial charge < -0.3 is 10.4 Å². The molecule has 0 aliphatic heterocycles. The van der Waals surface area contributed by atoms with Gasteiger partial charge in [-0.2, -0.15) is 0 Å². The number of carbonyl (C=O) groups is 1. The molecular formula is C12H15ClN2O4. The van der Waals surface area contributed by atoms with Crippen molar-refractivity contribution in [3.8, 4) is 0 Å². The summed E-state index contributed by atoms with van der Waals surface area (Å²) in [5, 5.41) is 22.7. The highest BCUT2D eigenvalue weighted by Crippen LogP contribution is 2.31. The third-order valence-electron chi connectivity index (χ3n) is 2.54. The van der Waals surface area contributed by atoms with Crippen LogP contribution < -0.4 is 5.32 Å². The number of non-ortho nitro benzene ring substituents is 1. The van der Waals surface area contributed by atoms with Crippen LogP contribution in [0.3, 0.4) is 0 Å². The van der Waals surface area contributed by atoms with Crippen LogP contribution in [0.15, 0.2) is 12.1 Å². The summed E-state index contributed by atoms with van der Waals surface area (Å²) in [6.07, 6.45) is 0.840. The first-order valence-corrected chi connectivity index (χ1v) is 6.15. The molecule has 0 aliphatic rings. The van der Waals surface area contributed by atoms with E-state index in [0.29, 0.717) is 12.5 Å². The summed E-state index contributed by atoms with van der Waals surface area (Å²) >= 11 is 5.91. The number of carboxylic acid groups (broad SMARTS) is 1. The number of anilines is 1. The molecule has 0 amide bonds. The largest absolute Gasteiger partial charge is 0.478 e. The van der Waals surface area contributed by atoms with Gasteiger partial charge in [-0.15, -0.1) is 0 Å². The molecule has 0 spiro atoms. The number of nitrogens with one attached hydrogen (secondary N) is 1. The molecule has 1 rings (SSSR count). The van der Waals surface area contributed by atoms with Gasteiger partial charge in [0.2, 0.25) is 0 Å². The minimum atomic E-state index is -1.25. The smallest absolute Gasteiger partial charge is 0.338 e. The Bertz CT molecular complexity index is 503. The van der Waals surface area contributed by atoms with Crippen LogP contribution in [0.1, 0.15) is 30.6 Å². The van der Waals surface area contributed by atoms with E-state index in [-0.39, 0.29) is 22.0 Å². The van der Waals surface area contributed by atoms with E-state index in [4.69, 9.17) is 16.7 Å². The van der Waals surface area contributed by atoms with Gasteiger partial charge >= 0.3 is 5.97 Å². The number of nitro benzene ring substituents is 1. The van der Waals surface area contributed by atoms with Crippen LogP contribution in [0.4, 0.5) is 11.4 Å². The van der Waals surface area contributed by atoms with E-state index >= 15 is 0 Å². The van der Waals surface area contributed by atoms with Gasteiger partial charge in [-0.3, -0.25) is 10.1 Å². The number of nitro groups is 1. The Hall–Kier alpha value is -1.82. The highest BCUT2D eigenvalue weighted by atomic mass is 35.5. The summed E-state index contributed by atoms with van der Waals surface area (Å²) in [6, 6.07) is 2.15. The normalized spacial score (nSPS) is 10.5. The van der Waals surface area contributed by atoms with Crippen molar-refractivity contribution in [2.24, 2.45) is 5.92 Å². The van der Waals surface area contributed by atoms with Crippen LogP contribution in [0.25, 0.3) is 0 Å². The summed E-state index contributed by atoms with van der Waals surface area (Å²) in [6.45, 7) is 4.63. The zero-order valence-corrected chi connectivity index (χ0v) is 11.4. The predicted molar refractivity (Wildman–Crippen MR) is 73.0 cm³/mol. The van der Waals surface area contributed by atoms with Crippen molar-refractivity contribution >= 4 is 28.9 Å². The SMILES string of the molecule is CC(C)CCNc1c(Cl)cc([N+](=O)[O-])cc1C(=O)O. The van der Waals surface area contributed by atoms with Gasteiger partial charge in [-0.1, -0.05) is 25.4 Å². The second kappa shape index (κ2) is 6.38. The molecule has 0 bridgehead atoms. The van der Waals surface area contributed by atoms with Gasteiger partial charge in [-0.25, -0.2) is 4.79 Å². The summed E-state index contributed by atoms with van der Waals surface area (Å²) in [4.78, 5) is 21.1. The van der Waals surface area contributed by atoms with E-state index in [1.165, 1.54) is 0 Å². The van der Waals surface area contributed by atoms with Gasteiger partial charge in [0.25, 0.3) is 5.69 Å². The van der Waals surface area contributed by atoms with Crippen LogP contribution in [-0.4, -0.2) is 22.5 Å². The molecule has 0 radical (unpaired) electrons. The predicted octanol–water partition coefficient (Wildman–Crippen LogP) is 3.40. The third-order valence-corrected chi connectivity index (χ3v) is 2.84. The summed E-state index contributed by atoms with van der Waals surface area (Å²) in [5.74, 6) is -0.796. The third kappa shape index (κ3) is 4.10. The molecule has 7 heteroatoms. The average Bonchev–Trinajstić information content (AvgIpc) is 2.29. The van der Waals surface area contributed by atoms with Crippen molar-refractivity contribution in [3.05, 3.63) is 32.8 Å². The standard InChI is InChI=1S/C12H15ClN2O4/c1-7(2)3-4-14-11-9(12(16)17)5-8(15(18)19)6-10(11)13/h5-7,14H,3-4H2,1-2H3,(H,16,17). The molecule has 6 nitrogen and oxygen atoms in total. The minimum absolute atomic E-state index is 0.0374. The number of aromatic carboxylic acids is 1. The Morgan fingerprint density at radius 1 is 1.53 bits per heavy atom. The van der Waals surface area contributed by atoms with Crippen molar-refractivity contribution in [1.82, 2.24) is 0 Å². The molecule has 0 saturated heterocycles. The number of nitrogens with zero attached hydrogens (tertiary/aromatic N) is 1. The maximum atomic E-state index is 11.1. The van der Waals surface area contributed by atoms with E-state index in [1.54, 1.807) is 0 Å². The Balaban J connectivity index is 3.08. The van der Waals surface area contributed by atoms with Crippen molar-refractivity contribution < 1.29 is 14.8 Å². The van der Waals surface area contributed by atoms with Crippen molar-refractivity contribution in [3.63, 3.8) is 0 Å². The lowest BCUT2D eigenvalue weighted by molar-refractivity contribution is -0.384. The number of benzene rings is 1. The first kappa shape index (κ1) is 15.2. The maximum absolute atomic E-state index is 11.1. The van der Waals surface area contributed by atoms with E-state index in [2.05, 4.69) is 5.32 Å². The fourth-order valence-electron chi connectivity index (χ4n) is 1.53. The first-order chi connectivity index (χ1) is 8.82. The van der Waals surface area contributed by atoms with Crippen LogP contribution in [-0.2, 0) is 0 Å². The van der Waals surface area contributed by atoms with Crippen LogP contribution in [0.2, 0.25) is 5.02 Å². The Morgan fingerprint density at radius 3 is 2.63 bits per heavy atom. The second-order valence-electron chi connectivity index (χ2n) is 4.52. The maximum Gasteiger partial charge on any atom is 0.338 e. The number of rotatable bonds is 6. The summed E-state index contributed by atoms with van der Waals surface area (Å²) < 4.78 is 0. The topological polar surface area (TPSA) is 92.5 Å². The van der Waals surface area contributed by atoms with Crippen molar-refractivity contribution in [2.75, 3.05) is 11.9 Å². The monoisotopic (exact) mass is 286 g/mol. The first-order valence-electron chi connectivity index (χ1n) is 5.78. The lowest BCUT2D eigenvalue weighted by atomic mass is 10.1. The summed E-state index contributed by atoms with van der Waals surface area (Å²) in [7, 11) is 0. The van der Waals surface area contributed by atoms with Crippen LogP contribution in [0.5, 0.6) is 0 Å². The lowest BCUT2D eigenvalue weighted by Gasteiger charge is -2.12. The molecule has 0 aromatic heterocycles. The Kier molecular flexibility index (Phi) is 5.11. The Labute approximate surface area is 115 Å². The number of carboxylic acids is 1. The molecule has 19 heavy (non-hydrogen) atoms. The molecule has 1 aromatic carbocycles. The van der Waals surface area contributed by atoms with E-state index < -0.39 is 10.9 Å². The molecule has 1 aromatic rings. The molecular weight excluding hydrogens is 272 g/mol. The fourth-order valence-corrected chi connectivity index (χ4v) is 1.81. The van der Waals surface area contributed by atoms with E-state index in [1.807, 2.05) is 13.8 Å².